The fourth-order valence-corrected chi connectivity index (χ4v) is 2.39. The molecule has 1 atom stereocenters. The third kappa shape index (κ3) is 2.79. The summed E-state index contributed by atoms with van der Waals surface area (Å²) in [5.41, 5.74) is 5.57. The molecule has 3 heteroatoms. The van der Waals surface area contributed by atoms with Gasteiger partial charge >= 0.3 is 0 Å². The molecule has 0 saturated heterocycles. The van der Waals surface area contributed by atoms with Crippen molar-refractivity contribution in [1.82, 2.24) is 5.43 Å². The average Bonchev–Trinajstić information content (AvgIpc) is 2.47. The molecule has 1 unspecified atom stereocenters. The molecule has 0 aliphatic carbocycles. The van der Waals surface area contributed by atoms with Gasteiger partial charge in [0.1, 0.15) is 0 Å². The number of hydrogen-bond donors (Lipinski definition) is 2. The molecule has 0 fully saturated rings. The summed E-state index contributed by atoms with van der Waals surface area (Å²) in [6.45, 7) is 6.56. The Bertz CT molecular complexity index is 255. The summed E-state index contributed by atoms with van der Waals surface area (Å²) in [4.78, 5) is 0. The Balaban J connectivity index is 2.72. The SMILES string of the molecule is Cc1cscc1C(CC(C)C)NN. The number of nitrogens with two attached hydrogens (primary N) is 1. The summed E-state index contributed by atoms with van der Waals surface area (Å²) in [6, 6.07) is 0.311. The Labute approximate surface area is 84.1 Å². The first kappa shape index (κ1) is 10.7. The molecule has 1 aromatic rings. The van der Waals surface area contributed by atoms with Gasteiger partial charge in [0.2, 0.25) is 0 Å². The molecule has 0 aliphatic heterocycles. The van der Waals surface area contributed by atoms with Gasteiger partial charge in [-0.3, -0.25) is 11.3 Å². The van der Waals surface area contributed by atoms with Gasteiger partial charge in [0.15, 0.2) is 0 Å². The molecule has 1 aromatic heterocycles. The predicted octanol–water partition coefficient (Wildman–Crippen LogP) is 2.61. The van der Waals surface area contributed by atoms with Crippen LogP contribution in [0.25, 0.3) is 0 Å². The molecule has 0 spiro atoms. The van der Waals surface area contributed by atoms with Gasteiger partial charge in [0, 0.05) is 6.04 Å². The van der Waals surface area contributed by atoms with Crippen LogP contribution in [-0.4, -0.2) is 0 Å². The van der Waals surface area contributed by atoms with E-state index >= 15 is 0 Å². The van der Waals surface area contributed by atoms with E-state index in [2.05, 4.69) is 37.0 Å². The van der Waals surface area contributed by atoms with Gasteiger partial charge in [-0.1, -0.05) is 13.8 Å². The average molecular weight is 198 g/mol. The molecule has 0 aliphatic rings. The molecule has 0 bridgehead atoms. The Morgan fingerprint density at radius 2 is 2.15 bits per heavy atom. The van der Waals surface area contributed by atoms with Gasteiger partial charge in [-0.15, -0.1) is 0 Å². The molecule has 13 heavy (non-hydrogen) atoms. The van der Waals surface area contributed by atoms with Crippen molar-refractivity contribution >= 4 is 11.3 Å². The lowest BCUT2D eigenvalue weighted by molar-refractivity contribution is 0.437. The Kier molecular flexibility index (Phi) is 3.90. The van der Waals surface area contributed by atoms with Crippen LogP contribution in [0.3, 0.4) is 0 Å². The highest BCUT2D eigenvalue weighted by molar-refractivity contribution is 7.08. The number of hydrogen-bond acceptors (Lipinski definition) is 3. The zero-order valence-corrected chi connectivity index (χ0v) is 9.32. The van der Waals surface area contributed by atoms with Crippen molar-refractivity contribution in [1.29, 1.82) is 0 Å². The normalized spacial score (nSPS) is 13.6. The van der Waals surface area contributed by atoms with E-state index in [1.54, 1.807) is 11.3 Å². The van der Waals surface area contributed by atoms with E-state index < -0.39 is 0 Å². The van der Waals surface area contributed by atoms with Crippen LogP contribution in [0.1, 0.15) is 37.4 Å². The number of hydrazine groups is 1. The number of rotatable bonds is 4. The summed E-state index contributed by atoms with van der Waals surface area (Å²) in [6.07, 6.45) is 1.09. The van der Waals surface area contributed by atoms with Crippen molar-refractivity contribution in [3.8, 4) is 0 Å². The monoisotopic (exact) mass is 198 g/mol. The van der Waals surface area contributed by atoms with Crippen LogP contribution in [0.5, 0.6) is 0 Å². The van der Waals surface area contributed by atoms with Crippen LogP contribution in [0.2, 0.25) is 0 Å². The van der Waals surface area contributed by atoms with Gasteiger partial charge in [0.25, 0.3) is 0 Å². The molecule has 0 amide bonds. The molecular formula is C10H18N2S. The van der Waals surface area contributed by atoms with Gasteiger partial charge in [0.05, 0.1) is 0 Å². The van der Waals surface area contributed by atoms with Crippen molar-refractivity contribution in [3.63, 3.8) is 0 Å². The first-order valence-corrected chi connectivity index (χ1v) is 5.58. The molecule has 0 aromatic carbocycles. The van der Waals surface area contributed by atoms with Crippen LogP contribution in [0.15, 0.2) is 10.8 Å². The van der Waals surface area contributed by atoms with E-state index in [4.69, 9.17) is 5.84 Å². The molecule has 2 nitrogen and oxygen atoms in total. The maximum absolute atomic E-state index is 5.54. The number of nitrogens with one attached hydrogen (secondary N) is 1. The standard InChI is InChI=1S/C10H18N2S/c1-7(2)4-10(12-11)9-6-13-5-8(9)3/h5-7,10,12H,4,11H2,1-3H3. The second-order valence-electron chi connectivity index (χ2n) is 3.86. The van der Waals surface area contributed by atoms with Crippen molar-refractivity contribution < 1.29 is 0 Å². The van der Waals surface area contributed by atoms with Crippen molar-refractivity contribution in [2.75, 3.05) is 0 Å². The maximum atomic E-state index is 5.54. The Morgan fingerprint density at radius 3 is 2.54 bits per heavy atom. The minimum Gasteiger partial charge on any atom is -0.271 e. The highest BCUT2D eigenvalue weighted by Crippen LogP contribution is 2.25. The molecule has 1 rings (SSSR count). The lowest BCUT2D eigenvalue weighted by atomic mass is 9.97. The smallest absolute Gasteiger partial charge is 0.0473 e. The molecular weight excluding hydrogens is 180 g/mol. The van der Waals surface area contributed by atoms with E-state index in [1.807, 2.05) is 0 Å². The summed E-state index contributed by atoms with van der Waals surface area (Å²) in [5, 5.41) is 4.35. The zero-order valence-electron chi connectivity index (χ0n) is 8.50. The first-order chi connectivity index (χ1) is 6.15. The van der Waals surface area contributed by atoms with Gasteiger partial charge in [-0.25, -0.2) is 0 Å². The molecule has 3 N–H and O–H groups in total. The third-order valence-electron chi connectivity index (χ3n) is 2.18. The van der Waals surface area contributed by atoms with E-state index in [0.29, 0.717) is 12.0 Å². The van der Waals surface area contributed by atoms with E-state index in [-0.39, 0.29) is 0 Å². The van der Waals surface area contributed by atoms with Crippen LogP contribution >= 0.6 is 11.3 Å². The van der Waals surface area contributed by atoms with Crippen LogP contribution < -0.4 is 11.3 Å². The van der Waals surface area contributed by atoms with E-state index in [1.165, 1.54) is 11.1 Å². The fraction of sp³-hybridized carbons (Fsp3) is 0.600. The number of aryl methyl sites for hydroxylation is 1. The fourth-order valence-electron chi connectivity index (χ4n) is 1.48. The van der Waals surface area contributed by atoms with Crippen molar-refractivity contribution in [2.24, 2.45) is 11.8 Å². The Morgan fingerprint density at radius 1 is 1.46 bits per heavy atom. The van der Waals surface area contributed by atoms with Crippen molar-refractivity contribution in [3.05, 3.63) is 21.9 Å². The largest absolute Gasteiger partial charge is 0.271 e. The second-order valence-corrected chi connectivity index (χ2v) is 4.60. The third-order valence-corrected chi connectivity index (χ3v) is 3.06. The van der Waals surface area contributed by atoms with Crippen LogP contribution in [0.4, 0.5) is 0 Å². The first-order valence-electron chi connectivity index (χ1n) is 4.64. The summed E-state index contributed by atoms with van der Waals surface area (Å²) in [7, 11) is 0. The van der Waals surface area contributed by atoms with Gasteiger partial charge in [-0.2, -0.15) is 11.3 Å². The van der Waals surface area contributed by atoms with E-state index in [0.717, 1.165) is 6.42 Å². The van der Waals surface area contributed by atoms with Crippen LogP contribution in [-0.2, 0) is 0 Å². The second kappa shape index (κ2) is 4.74. The topological polar surface area (TPSA) is 38.0 Å². The molecule has 1 heterocycles. The highest BCUT2D eigenvalue weighted by Gasteiger charge is 2.13. The predicted molar refractivity (Wildman–Crippen MR) is 58.6 cm³/mol. The lowest BCUT2D eigenvalue weighted by Gasteiger charge is -2.17. The number of thiophene rings is 1. The van der Waals surface area contributed by atoms with E-state index in [9.17, 15) is 0 Å². The van der Waals surface area contributed by atoms with Crippen LogP contribution in [0, 0.1) is 12.8 Å². The molecule has 0 saturated carbocycles. The molecule has 74 valence electrons. The quantitative estimate of drug-likeness (QED) is 0.576. The summed E-state index contributed by atoms with van der Waals surface area (Å²) in [5.74, 6) is 6.20. The maximum Gasteiger partial charge on any atom is 0.0473 e. The van der Waals surface area contributed by atoms with Crippen molar-refractivity contribution in [2.45, 2.75) is 33.2 Å². The zero-order chi connectivity index (χ0) is 9.84. The molecule has 0 radical (unpaired) electrons. The summed E-state index contributed by atoms with van der Waals surface area (Å²) >= 11 is 1.74. The van der Waals surface area contributed by atoms with Gasteiger partial charge in [-0.05, 0) is 41.1 Å². The Hall–Kier alpha value is -0.380. The van der Waals surface area contributed by atoms with Gasteiger partial charge < -0.3 is 0 Å². The highest BCUT2D eigenvalue weighted by atomic mass is 32.1. The minimum absolute atomic E-state index is 0.311. The minimum atomic E-state index is 0.311. The summed E-state index contributed by atoms with van der Waals surface area (Å²) < 4.78 is 0. The lowest BCUT2D eigenvalue weighted by Crippen LogP contribution is -2.29.